The van der Waals surface area contributed by atoms with Crippen molar-refractivity contribution in [3.05, 3.63) is 0 Å². The topological polar surface area (TPSA) is 46.3 Å². The van der Waals surface area contributed by atoms with Gasteiger partial charge in [-0.2, -0.15) is 0 Å². The van der Waals surface area contributed by atoms with Crippen LogP contribution in [-0.4, -0.2) is 29.4 Å². The van der Waals surface area contributed by atoms with Gasteiger partial charge in [-0.3, -0.25) is 4.79 Å². The highest BCUT2D eigenvalue weighted by atomic mass is 16.2. The minimum Gasteiger partial charge on any atom is -0.341 e. The Morgan fingerprint density at radius 3 is 2.62 bits per heavy atom. The maximum absolute atomic E-state index is 12.0. The minimum atomic E-state index is -0.718. The number of nitrogens with two attached hydrogens (primary N) is 1. The number of hydrogen-bond donors (Lipinski definition) is 1. The Hall–Kier alpha value is -0.570. The molecular weight excluding hydrogens is 200 g/mol. The highest BCUT2D eigenvalue weighted by molar-refractivity contribution is 5.85. The molecule has 94 valence electrons. The Kier molecular flexibility index (Phi) is 4.78. The number of nitrogens with zero attached hydrogens (tertiary/aromatic N) is 1. The average molecular weight is 226 g/mol. The summed E-state index contributed by atoms with van der Waals surface area (Å²) >= 11 is 0. The number of likely N-dealkylation sites (tertiary alicyclic amines) is 1. The monoisotopic (exact) mass is 226 g/mol. The lowest BCUT2D eigenvalue weighted by Crippen LogP contribution is -2.51. The van der Waals surface area contributed by atoms with Gasteiger partial charge in [0.15, 0.2) is 0 Å². The lowest BCUT2D eigenvalue weighted by Gasteiger charge is -2.28. The van der Waals surface area contributed by atoms with Gasteiger partial charge in [0.25, 0.3) is 0 Å². The van der Waals surface area contributed by atoms with Gasteiger partial charge in [0, 0.05) is 13.1 Å². The van der Waals surface area contributed by atoms with Crippen LogP contribution in [0.4, 0.5) is 0 Å². The molecule has 3 nitrogen and oxygen atoms in total. The second-order valence-electron chi connectivity index (χ2n) is 5.60. The van der Waals surface area contributed by atoms with E-state index in [2.05, 4.69) is 6.92 Å². The van der Waals surface area contributed by atoms with Crippen LogP contribution in [0.1, 0.15) is 52.9 Å². The fourth-order valence-electron chi connectivity index (χ4n) is 2.47. The van der Waals surface area contributed by atoms with Crippen LogP contribution in [0.5, 0.6) is 0 Å². The minimum absolute atomic E-state index is 0.102. The van der Waals surface area contributed by atoms with E-state index in [-0.39, 0.29) is 5.91 Å². The summed E-state index contributed by atoms with van der Waals surface area (Å²) in [7, 11) is 0. The number of hydrogen-bond acceptors (Lipinski definition) is 2. The lowest BCUT2D eigenvalue weighted by molar-refractivity contribution is -0.135. The van der Waals surface area contributed by atoms with Crippen molar-refractivity contribution < 1.29 is 4.79 Å². The zero-order valence-corrected chi connectivity index (χ0v) is 11.0. The molecule has 1 rings (SSSR count). The summed E-state index contributed by atoms with van der Waals surface area (Å²) in [6.45, 7) is 7.61. The van der Waals surface area contributed by atoms with Gasteiger partial charge >= 0.3 is 0 Å². The van der Waals surface area contributed by atoms with Crippen LogP contribution in [0, 0.1) is 5.92 Å². The van der Waals surface area contributed by atoms with Gasteiger partial charge in [-0.05, 0) is 39.0 Å². The molecule has 0 aliphatic carbocycles. The molecule has 0 radical (unpaired) electrons. The molecule has 0 aromatic carbocycles. The molecule has 0 bridgehead atoms. The second-order valence-corrected chi connectivity index (χ2v) is 5.60. The zero-order valence-electron chi connectivity index (χ0n) is 11.0. The van der Waals surface area contributed by atoms with E-state index in [1.54, 1.807) is 13.8 Å². The van der Waals surface area contributed by atoms with Crippen molar-refractivity contribution in [2.24, 2.45) is 11.7 Å². The number of carbonyl (C=O) groups excluding carboxylic acids is 1. The van der Waals surface area contributed by atoms with Crippen LogP contribution < -0.4 is 5.73 Å². The average Bonchev–Trinajstić information content (AvgIpc) is 2.41. The first-order valence-corrected chi connectivity index (χ1v) is 6.53. The largest absolute Gasteiger partial charge is 0.341 e. The number of carbonyl (C=O) groups is 1. The maximum atomic E-state index is 12.0. The predicted molar refractivity (Wildman–Crippen MR) is 67.1 cm³/mol. The molecule has 16 heavy (non-hydrogen) atoms. The summed E-state index contributed by atoms with van der Waals surface area (Å²) in [5, 5.41) is 0. The van der Waals surface area contributed by atoms with Crippen molar-refractivity contribution in [1.29, 1.82) is 0 Å². The molecule has 2 N–H and O–H groups in total. The Morgan fingerprint density at radius 1 is 1.38 bits per heavy atom. The van der Waals surface area contributed by atoms with Gasteiger partial charge in [0.2, 0.25) is 5.91 Å². The smallest absolute Gasteiger partial charge is 0.242 e. The molecule has 3 heteroatoms. The van der Waals surface area contributed by atoms with E-state index in [9.17, 15) is 4.79 Å². The fraction of sp³-hybridized carbons (Fsp3) is 0.923. The van der Waals surface area contributed by atoms with Crippen molar-refractivity contribution in [3.63, 3.8) is 0 Å². The van der Waals surface area contributed by atoms with Crippen molar-refractivity contribution in [2.75, 3.05) is 13.1 Å². The molecule has 1 unspecified atom stereocenters. The van der Waals surface area contributed by atoms with E-state index in [4.69, 9.17) is 5.73 Å². The third kappa shape index (κ3) is 3.78. The van der Waals surface area contributed by atoms with Crippen LogP contribution in [0.15, 0.2) is 0 Å². The van der Waals surface area contributed by atoms with Gasteiger partial charge in [0.1, 0.15) is 0 Å². The van der Waals surface area contributed by atoms with Crippen molar-refractivity contribution >= 4 is 5.91 Å². The molecule has 1 amide bonds. The first kappa shape index (κ1) is 13.5. The van der Waals surface area contributed by atoms with Crippen LogP contribution in [0.25, 0.3) is 0 Å². The predicted octanol–water partition coefficient (Wildman–Crippen LogP) is 2.15. The van der Waals surface area contributed by atoms with E-state index in [1.165, 1.54) is 19.3 Å². The Labute approximate surface area is 99.4 Å². The van der Waals surface area contributed by atoms with Gasteiger partial charge in [-0.25, -0.2) is 0 Å². The van der Waals surface area contributed by atoms with E-state index in [0.29, 0.717) is 0 Å². The molecule has 1 aliphatic heterocycles. The fourth-order valence-corrected chi connectivity index (χ4v) is 2.47. The Bertz CT molecular complexity index is 233. The van der Waals surface area contributed by atoms with Gasteiger partial charge in [-0.1, -0.05) is 19.8 Å². The van der Waals surface area contributed by atoms with E-state index < -0.39 is 5.54 Å². The van der Waals surface area contributed by atoms with E-state index >= 15 is 0 Å². The Morgan fingerprint density at radius 2 is 2.06 bits per heavy atom. The summed E-state index contributed by atoms with van der Waals surface area (Å²) in [6.07, 6.45) is 6.10. The summed E-state index contributed by atoms with van der Waals surface area (Å²) in [5.74, 6) is 0.910. The van der Waals surface area contributed by atoms with E-state index in [0.717, 1.165) is 31.8 Å². The van der Waals surface area contributed by atoms with Gasteiger partial charge < -0.3 is 10.6 Å². The SMILES string of the molecule is CCCC1CCCN(C(=O)C(C)(C)N)CC1. The van der Waals surface area contributed by atoms with Crippen molar-refractivity contribution in [3.8, 4) is 0 Å². The van der Waals surface area contributed by atoms with Crippen LogP contribution >= 0.6 is 0 Å². The van der Waals surface area contributed by atoms with Crippen molar-refractivity contribution in [1.82, 2.24) is 4.90 Å². The molecule has 0 saturated carbocycles. The zero-order chi connectivity index (χ0) is 12.2. The molecule has 1 atom stereocenters. The first-order valence-electron chi connectivity index (χ1n) is 6.53. The molecule has 0 aromatic rings. The molecule has 1 heterocycles. The lowest BCUT2D eigenvalue weighted by atomic mass is 9.96. The van der Waals surface area contributed by atoms with Crippen LogP contribution in [0.3, 0.4) is 0 Å². The molecule has 0 spiro atoms. The third-order valence-corrected chi connectivity index (χ3v) is 3.38. The van der Waals surface area contributed by atoms with Crippen LogP contribution in [-0.2, 0) is 4.79 Å². The molecule has 1 aliphatic rings. The maximum Gasteiger partial charge on any atom is 0.242 e. The quantitative estimate of drug-likeness (QED) is 0.801. The summed E-state index contributed by atoms with van der Waals surface area (Å²) in [4.78, 5) is 14.0. The summed E-state index contributed by atoms with van der Waals surface area (Å²) in [6, 6.07) is 0. The van der Waals surface area contributed by atoms with Gasteiger partial charge in [0.05, 0.1) is 5.54 Å². The highest BCUT2D eigenvalue weighted by Crippen LogP contribution is 2.22. The molecule has 0 aromatic heterocycles. The standard InChI is InChI=1S/C13H26N2O/c1-4-6-11-7-5-9-15(10-8-11)12(16)13(2,3)14/h11H,4-10,14H2,1-3H3. The van der Waals surface area contributed by atoms with Crippen molar-refractivity contribution in [2.45, 2.75) is 58.4 Å². The number of rotatable bonds is 3. The first-order chi connectivity index (χ1) is 7.45. The number of amides is 1. The summed E-state index contributed by atoms with van der Waals surface area (Å²) in [5.41, 5.74) is 5.15. The third-order valence-electron chi connectivity index (χ3n) is 3.38. The molecule has 1 saturated heterocycles. The van der Waals surface area contributed by atoms with Gasteiger partial charge in [-0.15, -0.1) is 0 Å². The molecule has 1 fully saturated rings. The van der Waals surface area contributed by atoms with Crippen LogP contribution in [0.2, 0.25) is 0 Å². The highest BCUT2D eigenvalue weighted by Gasteiger charge is 2.29. The molecular formula is C13H26N2O. The Balaban J connectivity index is 2.50. The second kappa shape index (κ2) is 5.67. The van der Waals surface area contributed by atoms with E-state index in [1.807, 2.05) is 4.90 Å². The normalized spacial score (nSPS) is 23.0. The summed E-state index contributed by atoms with van der Waals surface area (Å²) < 4.78 is 0.